The summed E-state index contributed by atoms with van der Waals surface area (Å²) in [7, 11) is 1.43. The molecule has 30 heavy (non-hydrogen) atoms. The number of hydrogen-bond acceptors (Lipinski definition) is 6. The quantitative estimate of drug-likeness (QED) is 0.347. The Morgan fingerprint density at radius 3 is 2.57 bits per heavy atom. The molecule has 0 atom stereocenters. The molecule has 158 valence electrons. The van der Waals surface area contributed by atoms with Gasteiger partial charge < -0.3 is 9.47 Å². The van der Waals surface area contributed by atoms with Gasteiger partial charge in [0.25, 0.3) is 11.6 Å². The van der Waals surface area contributed by atoms with Gasteiger partial charge in [-0.05, 0) is 54.7 Å². The fourth-order valence-corrected chi connectivity index (χ4v) is 2.52. The Morgan fingerprint density at radius 2 is 1.97 bits per heavy atom. The van der Waals surface area contributed by atoms with Gasteiger partial charge in [0.2, 0.25) is 0 Å². The summed E-state index contributed by atoms with van der Waals surface area (Å²) in [5, 5.41) is 15.8. The third-order valence-electron chi connectivity index (χ3n) is 4.35. The van der Waals surface area contributed by atoms with Crippen LogP contribution < -0.4 is 9.47 Å². The molecule has 2 aromatic rings. The molecule has 1 amide bonds. The normalized spacial score (nSPS) is 13.5. The van der Waals surface area contributed by atoms with Crippen molar-refractivity contribution in [3.63, 3.8) is 0 Å². The number of ether oxygens (including phenoxy) is 2. The lowest BCUT2D eigenvalue weighted by atomic mass is 10.2. The van der Waals surface area contributed by atoms with E-state index in [1.165, 1.54) is 55.7 Å². The van der Waals surface area contributed by atoms with Gasteiger partial charge in [-0.25, -0.2) is 5.01 Å². The van der Waals surface area contributed by atoms with Crippen molar-refractivity contribution < 1.29 is 28.0 Å². The van der Waals surface area contributed by atoms with Crippen LogP contribution in [-0.4, -0.2) is 42.3 Å². The Kier molecular flexibility index (Phi) is 6.55. The Hall–Kier alpha value is -3.56. The third kappa shape index (κ3) is 5.72. The van der Waals surface area contributed by atoms with Crippen molar-refractivity contribution in [3.8, 4) is 11.5 Å². The number of rotatable bonds is 9. The Morgan fingerprint density at radius 1 is 1.27 bits per heavy atom. The van der Waals surface area contributed by atoms with Gasteiger partial charge in [-0.15, -0.1) is 0 Å². The van der Waals surface area contributed by atoms with Crippen molar-refractivity contribution in [2.24, 2.45) is 11.0 Å². The first-order chi connectivity index (χ1) is 14.3. The van der Waals surface area contributed by atoms with Crippen molar-refractivity contribution in [3.05, 3.63) is 63.7 Å². The highest BCUT2D eigenvalue weighted by atomic mass is 19.3. The van der Waals surface area contributed by atoms with Gasteiger partial charge in [0, 0.05) is 24.7 Å². The number of carbonyl (C=O) groups is 1. The van der Waals surface area contributed by atoms with Gasteiger partial charge >= 0.3 is 6.61 Å². The first-order valence-electron chi connectivity index (χ1n) is 9.11. The van der Waals surface area contributed by atoms with Gasteiger partial charge in [-0.2, -0.15) is 13.9 Å². The highest BCUT2D eigenvalue weighted by molar-refractivity contribution is 5.95. The summed E-state index contributed by atoms with van der Waals surface area (Å²) in [5.74, 6) is 0.0600. The molecular formula is C20H19F2N3O5. The SMILES string of the molecule is CN(N=Cc1ccc(OC(F)F)c(OCC2CC2)c1)C(=O)c1ccc([N+](=O)[O-])cc1. The number of hydrogen-bond donors (Lipinski definition) is 0. The molecule has 1 saturated carbocycles. The second-order valence-electron chi connectivity index (χ2n) is 6.72. The van der Waals surface area contributed by atoms with E-state index in [1.807, 2.05) is 0 Å². The summed E-state index contributed by atoms with van der Waals surface area (Å²) in [6.07, 6.45) is 3.46. The zero-order chi connectivity index (χ0) is 21.7. The second kappa shape index (κ2) is 9.29. The van der Waals surface area contributed by atoms with Gasteiger partial charge in [0.1, 0.15) is 0 Å². The second-order valence-corrected chi connectivity index (χ2v) is 6.72. The maximum absolute atomic E-state index is 12.6. The van der Waals surface area contributed by atoms with Crippen LogP contribution in [0.5, 0.6) is 11.5 Å². The van der Waals surface area contributed by atoms with Gasteiger partial charge in [-0.1, -0.05) is 0 Å². The number of carbonyl (C=O) groups excluding carboxylic acids is 1. The standard InChI is InChI=1S/C20H19F2N3O5/c1-24(19(26)15-5-7-16(8-6-15)25(27)28)23-11-14-4-9-17(30-20(21)22)18(10-14)29-12-13-2-3-13/h4-11,13,20H,2-3,12H2,1H3. The van der Waals surface area contributed by atoms with Crippen molar-refractivity contribution >= 4 is 17.8 Å². The zero-order valence-electron chi connectivity index (χ0n) is 16.0. The number of halogens is 2. The lowest BCUT2D eigenvalue weighted by Crippen LogP contribution is -2.21. The molecule has 1 aliphatic rings. The molecule has 0 radical (unpaired) electrons. The number of benzene rings is 2. The molecule has 1 fully saturated rings. The van der Waals surface area contributed by atoms with Crippen LogP contribution in [0.1, 0.15) is 28.8 Å². The van der Waals surface area contributed by atoms with E-state index >= 15 is 0 Å². The molecule has 8 nitrogen and oxygen atoms in total. The molecule has 0 aliphatic heterocycles. The molecule has 10 heteroatoms. The van der Waals surface area contributed by atoms with Crippen molar-refractivity contribution in [2.45, 2.75) is 19.5 Å². The summed E-state index contributed by atoms with van der Waals surface area (Å²) in [6, 6.07) is 9.52. The van der Waals surface area contributed by atoms with E-state index in [1.54, 1.807) is 0 Å². The number of amides is 1. The van der Waals surface area contributed by atoms with Crippen LogP contribution in [-0.2, 0) is 0 Å². The third-order valence-corrected chi connectivity index (χ3v) is 4.35. The lowest BCUT2D eigenvalue weighted by Gasteiger charge is -2.13. The molecule has 0 unspecified atom stereocenters. The number of hydrazone groups is 1. The summed E-state index contributed by atoms with van der Waals surface area (Å²) >= 11 is 0. The van der Waals surface area contributed by atoms with E-state index in [0.29, 0.717) is 18.1 Å². The van der Waals surface area contributed by atoms with Crippen LogP contribution in [0.4, 0.5) is 14.5 Å². The maximum Gasteiger partial charge on any atom is 0.387 e. The number of nitro groups is 1. The number of nitro benzene ring substituents is 1. The van der Waals surface area contributed by atoms with Crippen LogP contribution in [0.25, 0.3) is 0 Å². The molecule has 0 bridgehead atoms. The molecule has 0 aromatic heterocycles. The first kappa shape index (κ1) is 21.2. The molecule has 0 heterocycles. The van der Waals surface area contributed by atoms with Gasteiger partial charge in [0.05, 0.1) is 17.7 Å². The lowest BCUT2D eigenvalue weighted by molar-refractivity contribution is -0.384. The molecule has 2 aromatic carbocycles. The Bertz CT molecular complexity index is 946. The predicted octanol–water partition coefficient (Wildman–Crippen LogP) is 4.09. The molecule has 1 aliphatic carbocycles. The molecular weight excluding hydrogens is 400 g/mol. The van der Waals surface area contributed by atoms with E-state index in [-0.39, 0.29) is 22.7 Å². The van der Waals surface area contributed by atoms with E-state index in [2.05, 4.69) is 9.84 Å². The minimum atomic E-state index is -2.97. The van der Waals surface area contributed by atoms with Crippen LogP contribution in [0.15, 0.2) is 47.6 Å². The zero-order valence-corrected chi connectivity index (χ0v) is 16.0. The molecule has 0 spiro atoms. The van der Waals surface area contributed by atoms with E-state index in [4.69, 9.17) is 4.74 Å². The minimum absolute atomic E-state index is 0.0712. The van der Waals surface area contributed by atoms with Gasteiger partial charge in [0.15, 0.2) is 11.5 Å². The average Bonchev–Trinajstić information content (AvgIpc) is 3.55. The van der Waals surface area contributed by atoms with E-state index in [9.17, 15) is 23.7 Å². The highest BCUT2D eigenvalue weighted by Gasteiger charge is 2.23. The van der Waals surface area contributed by atoms with Crippen LogP contribution in [0.3, 0.4) is 0 Å². The summed E-state index contributed by atoms with van der Waals surface area (Å²) in [5.41, 5.74) is 0.627. The largest absolute Gasteiger partial charge is 0.489 e. The fraction of sp³-hybridized carbons (Fsp3) is 0.300. The topological polar surface area (TPSA) is 94.3 Å². The maximum atomic E-state index is 12.6. The van der Waals surface area contributed by atoms with E-state index < -0.39 is 17.4 Å². The Balaban J connectivity index is 1.70. The molecule has 0 saturated heterocycles. The van der Waals surface area contributed by atoms with Crippen molar-refractivity contribution in [2.75, 3.05) is 13.7 Å². The van der Waals surface area contributed by atoms with E-state index in [0.717, 1.165) is 17.9 Å². The predicted molar refractivity (Wildman–Crippen MR) is 104 cm³/mol. The highest BCUT2D eigenvalue weighted by Crippen LogP contribution is 2.34. The number of non-ortho nitro benzene ring substituents is 1. The molecule has 0 N–H and O–H groups in total. The summed E-state index contributed by atoms with van der Waals surface area (Å²) in [6.45, 7) is -2.56. The first-order valence-corrected chi connectivity index (χ1v) is 9.11. The Labute approximate surface area is 170 Å². The van der Waals surface area contributed by atoms with Crippen LogP contribution in [0, 0.1) is 16.0 Å². The van der Waals surface area contributed by atoms with Crippen LogP contribution in [0.2, 0.25) is 0 Å². The minimum Gasteiger partial charge on any atom is -0.489 e. The average molecular weight is 419 g/mol. The smallest absolute Gasteiger partial charge is 0.387 e. The van der Waals surface area contributed by atoms with Gasteiger partial charge in [-0.3, -0.25) is 14.9 Å². The monoisotopic (exact) mass is 419 g/mol. The fourth-order valence-electron chi connectivity index (χ4n) is 2.52. The summed E-state index contributed by atoms with van der Waals surface area (Å²) in [4.78, 5) is 22.5. The van der Waals surface area contributed by atoms with Crippen molar-refractivity contribution in [1.29, 1.82) is 0 Å². The summed E-state index contributed by atoms with van der Waals surface area (Å²) < 4.78 is 35.3. The van der Waals surface area contributed by atoms with Crippen molar-refractivity contribution in [1.82, 2.24) is 5.01 Å². The number of alkyl halides is 2. The molecule has 3 rings (SSSR count). The van der Waals surface area contributed by atoms with Crippen LogP contribution >= 0.6 is 0 Å². The number of nitrogens with zero attached hydrogens (tertiary/aromatic N) is 3.